The van der Waals surface area contributed by atoms with E-state index < -0.39 is 17.9 Å². The van der Waals surface area contributed by atoms with Gasteiger partial charge in [0.25, 0.3) is 5.91 Å². The van der Waals surface area contributed by atoms with Gasteiger partial charge < -0.3 is 9.30 Å². The first kappa shape index (κ1) is 32.3. The lowest BCUT2D eigenvalue weighted by atomic mass is 10.1. The molecule has 0 saturated carbocycles. The van der Waals surface area contributed by atoms with Crippen molar-refractivity contribution in [1.29, 1.82) is 0 Å². The highest BCUT2D eigenvalue weighted by atomic mass is 35.5. The molecule has 0 unspecified atom stereocenters. The Morgan fingerprint density at radius 1 is 0.905 bits per heavy atom. The second-order valence-corrected chi connectivity index (χ2v) is 9.98. The molecular weight excluding hydrogens is 556 g/mol. The number of unbranched alkanes of at least 4 members (excludes halogenated alkanes) is 2. The SMILES string of the molecule is CCCCc1ncc(/C=C2/C(=O)N(CCCC)C(=O)N2CC(=O)c2ccccc2)n1Cc1ccc(C(=O)OC)cc1.Cl. The number of imidazole rings is 1. The van der Waals surface area contributed by atoms with Crippen LogP contribution in [0.1, 0.15) is 77.3 Å². The van der Waals surface area contributed by atoms with Crippen LogP contribution in [0.4, 0.5) is 4.79 Å². The molecule has 0 radical (unpaired) electrons. The van der Waals surface area contributed by atoms with E-state index in [1.807, 2.05) is 29.7 Å². The number of carbonyl (C=O) groups excluding carboxylic acids is 4. The zero-order chi connectivity index (χ0) is 29.4. The van der Waals surface area contributed by atoms with Gasteiger partial charge >= 0.3 is 12.0 Å². The van der Waals surface area contributed by atoms with Crippen molar-refractivity contribution in [1.82, 2.24) is 19.4 Å². The Kier molecular flexibility index (Phi) is 11.6. The van der Waals surface area contributed by atoms with Gasteiger partial charge in [-0.2, -0.15) is 0 Å². The third kappa shape index (κ3) is 7.33. The lowest BCUT2D eigenvalue weighted by Gasteiger charge is -2.17. The number of carbonyl (C=O) groups is 4. The Morgan fingerprint density at radius 2 is 1.60 bits per heavy atom. The summed E-state index contributed by atoms with van der Waals surface area (Å²) < 4.78 is 6.82. The standard InChI is InChI=1S/C32H36N4O5.ClH/c1-4-6-13-29-33-20-26(35(29)21-23-14-16-25(17-15-23)31(39)41-3)19-27-30(38)34(18-7-5-2)32(40)36(27)22-28(37)24-11-9-8-10-12-24;/h8-12,14-17,19-20H,4-7,13,18,21-22H2,1-3H3;1H/b27-19-;. The summed E-state index contributed by atoms with van der Waals surface area (Å²) >= 11 is 0. The Balaban J connectivity index is 0.00000484. The minimum absolute atomic E-state index is 0. The molecule has 10 heteroatoms. The van der Waals surface area contributed by atoms with Crippen LogP contribution in [-0.4, -0.2) is 63.2 Å². The number of halogens is 1. The first-order valence-electron chi connectivity index (χ1n) is 14.0. The number of hydrogen-bond acceptors (Lipinski definition) is 6. The molecule has 1 aromatic heterocycles. The summed E-state index contributed by atoms with van der Waals surface area (Å²) in [5.74, 6) is -0.231. The van der Waals surface area contributed by atoms with Crippen molar-refractivity contribution < 1.29 is 23.9 Å². The monoisotopic (exact) mass is 592 g/mol. The highest BCUT2D eigenvalue weighted by Gasteiger charge is 2.41. The second kappa shape index (κ2) is 15.1. The van der Waals surface area contributed by atoms with E-state index in [4.69, 9.17) is 4.74 Å². The van der Waals surface area contributed by atoms with Crippen LogP contribution >= 0.6 is 12.4 Å². The third-order valence-corrected chi connectivity index (χ3v) is 7.07. The summed E-state index contributed by atoms with van der Waals surface area (Å²) in [7, 11) is 1.34. The maximum absolute atomic E-state index is 13.5. The first-order chi connectivity index (χ1) is 19.9. The normalized spacial score (nSPS) is 13.9. The Labute approximate surface area is 252 Å². The van der Waals surface area contributed by atoms with Crippen LogP contribution in [0.25, 0.3) is 6.08 Å². The molecular formula is C32H37ClN4O5. The van der Waals surface area contributed by atoms with E-state index in [0.29, 0.717) is 29.8 Å². The molecule has 4 rings (SSSR count). The maximum Gasteiger partial charge on any atom is 0.337 e. The summed E-state index contributed by atoms with van der Waals surface area (Å²) in [5, 5.41) is 0. The minimum atomic E-state index is -0.491. The molecule has 1 saturated heterocycles. The first-order valence-corrected chi connectivity index (χ1v) is 14.0. The summed E-state index contributed by atoms with van der Waals surface area (Å²) in [4.78, 5) is 59.1. The lowest BCUT2D eigenvalue weighted by Crippen LogP contribution is -2.36. The van der Waals surface area contributed by atoms with Gasteiger partial charge in [-0.1, -0.05) is 69.2 Å². The molecule has 2 aromatic carbocycles. The molecule has 2 heterocycles. The number of rotatable bonds is 13. The number of amides is 3. The summed E-state index contributed by atoms with van der Waals surface area (Å²) in [5.41, 5.74) is 2.67. The molecule has 1 aliphatic rings. The van der Waals surface area contributed by atoms with Gasteiger partial charge in [-0.25, -0.2) is 14.6 Å². The molecule has 222 valence electrons. The zero-order valence-electron chi connectivity index (χ0n) is 24.2. The molecule has 0 spiro atoms. The number of Topliss-reactive ketones (excluding diaryl/α,β-unsaturated/α-hetero) is 1. The summed E-state index contributed by atoms with van der Waals surface area (Å²) in [6.07, 6.45) is 7.53. The summed E-state index contributed by atoms with van der Waals surface area (Å²) in [6, 6.07) is 15.4. The lowest BCUT2D eigenvalue weighted by molar-refractivity contribution is -0.123. The van der Waals surface area contributed by atoms with Gasteiger partial charge in [0.15, 0.2) is 5.78 Å². The Bertz CT molecular complexity index is 1430. The maximum atomic E-state index is 13.5. The van der Waals surface area contributed by atoms with E-state index in [1.165, 1.54) is 16.9 Å². The van der Waals surface area contributed by atoms with E-state index in [-0.39, 0.29) is 37.0 Å². The number of urea groups is 1. The van der Waals surface area contributed by atoms with Crippen molar-refractivity contribution in [3.8, 4) is 0 Å². The largest absolute Gasteiger partial charge is 0.465 e. The Hall–Kier alpha value is -4.24. The molecule has 0 aliphatic carbocycles. The van der Waals surface area contributed by atoms with E-state index in [9.17, 15) is 19.2 Å². The molecule has 9 nitrogen and oxygen atoms in total. The quantitative estimate of drug-likeness (QED) is 0.108. The Morgan fingerprint density at radius 3 is 2.24 bits per heavy atom. The zero-order valence-corrected chi connectivity index (χ0v) is 25.1. The summed E-state index contributed by atoms with van der Waals surface area (Å²) in [6.45, 7) is 4.60. The topological polar surface area (TPSA) is 102 Å². The highest BCUT2D eigenvalue weighted by Crippen LogP contribution is 2.26. The molecule has 42 heavy (non-hydrogen) atoms. The van der Waals surface area contributed by atoms with E-state index in [0.717, 1.165) is 37.1 Å². The van der Waals surface area contributed by atoms with Gasteiger partial charge in [-0.15, -0.1) is 12.4 Å². The second-order valence-electron chi connectivity index (χ2n) is 9.98. The van der Waals surface area contributed by atoms with Crippen molar-refractivity contribution in [3.05, 3.63) is 94.7 Å². The number of benzene rings is 2. The number of aryl methyl sites for hydroxylation is 1. The number of nitrogens with zero attached hydrogens (tertiary/aromatic N) is 4. The van der Waals surface area contributed by atoms with Crippen molar-refractivity contribution >= 4 is 42.2 Å². The van der Waals surface area contributed by atoms with Crippen molar-refractivity contribution in [2.45, 2.75) is 52.5 Å². The predicted molar refractivity (Wildman–Crippen MR) is 162 cm³/mol. The van der Waals surface area contributed by atoms with Crippen LogP contribution < -0.4 is 0 Å². The van der Waals surface area contributed by atoms with Crippen molar-refractivity contribution in [2.24, 2.45) is 0 Å². The molecule has 3 aromatic rings. The van der Waals surface area contributed by atoms with E-state index >= 15 is 0 Å². The number of hydrogen-bond donors (Lipinski definition) is 0. The number of imide groups is 1. The van der Waals surface area contributed by atoms with Crippen LogP contribution in [0.3, 0.4) is 0 Å². The fourth-order valence-corrected chi connectivity index (χ4v) is 4.70. The van der Waals surface area contributed by atoms with Gasteiger partial charge in [0.05, 0.1) is 31.1 Å². The smallest absolute Gasteiger partial charge is 0.337 e. The molecule has 1 aliphatic heterocycles. The third-order valence-electron chi connectivity index (χ3n) is 7.07. The van der Waals surface area contributed by atoms with Crippen LogP contribution in [0.15, 0.2) is 66.5 Å². The van der Waals surface area contributed by atoms with Gasteiger partial charge in [0.1, 0.15) is 11.5 Å². The molecule has 0 N–H and O–H groups in total. The number of ketones is 1. The number of esters is 1. The average molecular weight is 593 g/mol. The van der Waals surface area contributed by atoms with Gasteiger partial charge in [-0.3, -0.25) is 19.4 Å². The van der Waals surface area contributed by atoms with Crippen molar-refractivity contribution in [2.75, 3.05) is 20.2 Å². The molecule has 0 atom stereocenters. The number of ether oxygens (including phenoxy) is 1. The fourth-order valence-electron chi connectivity index (χ4n) is 4.70. The molecule has 0 bridgehead atoms. The van der Waals surface area contributed by atoms with Gasteiger partial charge in [-0.05, 0) is 36.6 Å². The molecule has 1 fully saturated rings. The average Bonchev–Trinajstić information content (AvgIpc) is 3.47. The number of methoxy groups -OCH3 is 1. The van der Waals surface area contributed by atoms with Crippen LogP contribution in [0, 0.1) is 0 Å². The minimum Gasteiger partial charge on any atom is -0.465 e. The molecule has 3 amide bonds. The van der Waals surface area contributed by atoms with E-state index in [2.05, 4.69) is 11.9 Å². The van der Waals surface area contributed by atoms with Crippen LogP contribution in [-0.2, 0) is 22.5 Å². The van der Waals surface area contributed by atoms with Gasteiger partial charge in [0.2, 0.25) is 0 Å². The predicted octanol–water partition coefficient (Wildman–Crippen LogP) is 5.77. The fraction of sp³-hybridized carbons (Fsp3) is 0.344. The number of aromatic nitrogens is 2. The van der Waals surface area contributed by atoms with E-state index in [1.54, 1.807) is 48.7 Å². The van der Waals surface area contributed by atoms with Crippen LogP contribution in [0.2, 0.25) is 0 Å². The van der Waals surface area contributed by atoms with Crippen LogP contribution in [0.5, 0.6) is 0 Å². The van der Waals surface area contributed by atoms with Crippen molar-refractivity contribution in [3.63, 3.8) is 0 Å². The highest BCUT2D eigenvalue weighted by molar-refractivity contribution is 6.15. The van der Waals surface area contributed by atoms with Gasteiger partial charge in [0, 0.05) is 25.1 Å².